The molecule has 1 unspecified atom stereocenters. The molecule has 0 spiro atoms. The van der Waals surface area contributed by atoms with Crippen LogP contribution in [0.3, 0.4) is 0 Å². The average molecular weight is 261 g/mol. The van der Waals surface area contributed by atoms with Gasteiger partial charge in [-0.3, -0.25) is 16.3 Å². The second-order valence-electron chi connectivity index (χ2n) is 4.27. The molecular weight excluding hydrogens is 243 g/mol. The smallest absolute Gasteiger partial charge is 0.271 e. The molecule has 0 radical (unpaired) electrons. The van der Waals surface area contributed by atoms with Crippen LogP contribution >= 0.6 is 0 Å². The van der Waals surface area contributed by atoms with Crippen LogP contribution in [0.4, 0.5) is 13.2 Å². The van der Waals surface area contributed by atoms with E-state index in [0.29, 0.717) is 6.42 Å². The van der Waals surface area contributed by atoms with Gasteiger partial charge in [-0.15, -0.1) is 0 Å². The van der Waals surface area contributed by atoms with Gasteiger partial charge in [-0.2, -0.15) is 13.2 Å². The van der Waals surface area contributed by atoms with Gasteiger partial charge < -0.3 is 0 Å². The first-order valence-electron chi connectivity index (χ1n) is 5.93. The normalized spacial score (nSPS) is 13.6. The van der Waals surface area contributed by atoms with Gasteiger partial charge in [0.25, 0.3) is 0 Å². The molecule has 1 atom stereocenters. The summed E-state index contributed by atoms with van der Waals surface area (Å²) in [5, 5.41) is 0. The van der Waals surface area contributed by atoms with Crippen molar-refractivity contribution < 1.29 is 13.2 Å². The van der Waals surface area contributed by atoms with Gasteiger partial charge in [0.15, 0.2) is 0 Å². The van der Waals surface area contributed by atoms with Crippen LogP contribution < -0.4 is 11.3 Å². The molecule has 0 aliphatic rings. The van der Waals surface area contributed by atoms with Gasteiger partial charge in [0, 0.05) is 24.9 Å². The predicted octanol–water partition coefficient (Wildman–Crippen LogP) is 2.58. The molecule has 102 valence electrons. The highest BCUT2D eigenvalue weighted by atomic mass is 19.4. The van der Waals surface area contributed by atoms with Crippen LogP contribution in [0, 0.1) is 0 Å². The summed E-state index contributed by atoms with van der Waals surface area (Å²) < 4.78 is 36.0. The Morgan fingerprint density at radius 3 is 2.44 bits per heavy atom. The van der Waals surface area contributed by atoms with Crippen molar-refractivity contribution in [1.82, 2.24) is 10.4 Å². The van der Waals surface area contributed by atoms with Crippen LogP contribution in [0.1, 0.15) is 31.2 Å². The van der Waals surface area contributed by atoms with E-state index < -0.39 is 12.6 Å². The fourth-order valence-corrected chi connectivity index (χ4v) is 1.75. The lowest BCUT2D eigenvalue weighted by Gasteiger charge is -2.16. The molecule has 3 N–H and O–H groups in total. The SMILES string of the molecule is NNC(CCCC(F)(F)F)CCc1ccncc1. The Morgan fingerprint density at radius 1 is 1.22 bits per heavy atom. The van der Waals surface area contributed by atoms with Crippen molar-refractivity contribution in [2.24, 2.45) is 5.84 Å². The molecule has 0 fully saturated rings. The Bertz CT molecular complexity index is 327. The van der Waals surface area contributed by atoms with Crippen LogP contribution in [-0.4, -0.2) is 17.2 Å². The highest BCUT2D eigenvalue weighted by molar-refractivity contribution is 5.09. The zero-order valence-corrected chi connectivity index (χ0v) is 10.1. The number of hydrogen-bond donors (Lipinski definition) is 2. The molecule has 1 heterocycles. The molecule has 0 aliphatic carbocycles. The number of hydrazine groups is 1. The van der Waals surface area contributed by atoms with Gasteiger partial charge in [-0.05, 0) is 43.4 Å². The molecule has 1 aromatic heterocycles. The van der Waals surface area contributed by atoms with Gasteiger partial charge in [0.2, 0.25) is 0 Å². The molecule has 6 heteroatoms. The third kappa shape index (κ3) is 6.56. The number of hydrogen-bond acceptors (Lipinski definition) is 3. The predicted molar refractivity (Wildman–Crippen MR) is 63.6 cm³/mol. The Kier molecular flexibility index (Phi) is 6.07. The van der Waals surface area contributed by atoms with E-state index in [0.717, 1.165) is 18.4 Å². The molecule has 0 aromatic carbocycles. The molecule has 3 nitrogen and oxygen atoms in total. The molecule has 0 aliphatic heterocycles. The highest BCUT2D eigenvalue weighted by Gasteiger charge is 2.26. The van der Waals surface area contributed by atoms with E-state index in [1.165, 1.54) is 0 Å². The Labute approximate surface area is 105 Å². The summed E-state index contributed by atoms with van der Waals surface area (Å²) in [5.41, 5.74) is 3.69. The minimum absolute atomic E-state index is 0.0829. The molecule has 0 saturated carbocycles. The van der Waals surface area contributed by atoms with Crippen molar-refractivity contribution in [1.29, 1.82) is 0 Å². The molecule has 18 heavy (non-hydrogen) atoms. The fraction of sp³-hybridized carbons (Fsp3) is 0.583. The minimum Gasteiger partial charge on any atom is -0.271 e. The first kappa shape index (κ1) is 14.9. The van der Waals surface area contributed by atoms with Gasteiger partial charge in [0.05, 0.1) is 0 Å². The van der Waals surface area contributed by atoms with Crippen LogP contribution in [-0.2, 0) is 6.42 Å². The van der Waals surface area contributed by atoms with E-state index in [1.54, 1.807) is 12.4 Å². The number of nitrogens with one attached hydrogen (secondary N) is 1. The van der Waals surface area contributed by atoms with Crippen molar-refractivity contribution >= 4 is 0 Å². The third-order valence-electron chi connectivity index (χ3n) is 2.78. The average Bonchev–Trinajstić information content (AvgIpc) is 2.33. The number of alkyl halides is 3. The third-order valence-corrected chi connectivity index (χ3v) is 2.78. The molecule has 1 rings (SSSR count). The molecule has 0 saturated heterocycles. The molecular formula is C12H18F3N3. The number of nitrogens with two attached hydrogens (primary N) is 1. The van der Waals surface area contributed by atoms with E-state index in [1.807, 2.05) is 12.1 Å². The first-order valence-corrected chi connectivity index (χ1v) is 5.93. The Morgan fingerprint density at radius 2 is 1.89 bits per heavy atom. The van der Waals surface area contributed by atoms with Crippen molar-refractivity contribution in [3.8, 4) is 0 Å². The van der Waals surface area contributed by atoms with Crippen LogP contribution in [0.25, 0.3) is 0 Å². The van der Waals surface area contributed by atoms with E-state index in [-0.39, 0.29) is 12.5 Å². The maximum absolute atomic E-state index is 12.0. The first-order chi connectivity index (χ1) is 8.51. The Hall–Kier alpha value is -1.14. The maximum Gasteiger partial charge on any atom is 0.389 e. The zero-order chi connectivity index (χ0) is 13.4. The van der Waals surface area contributed by atoms with Crippen molar-refractivity contribution in [2.75, 3.05) is 0 Å². The second-order valence-corrected chi connectivity index (χ2v) is 4.27. The number of aryl methyl sites for hydroxylation is 1. The van der Waals surface area contributed by atoms with Crippen LogP contribution in [0.5, 0.6) is 0 Å². The lowest BCUT2D eigenvalue weighted by Crippen LogP contribution is -2.35. The Balaban J connectivity index is 2.25. The minimum atomic E-state index is -4.08. The summed E-state index contributed by atoms with van der Waals surface area (Å²) in [6, 6.07) is 3.70. The van der Waals surface area contributed by atoms with Gasteiger partial charge in [-0.1, -0.05) is 0 Å². The summed E-state index contributed by atoms with van der Waals surface area (Å²) in [5.74, 6) is 5.34. The zero-order valence-electron chi connectivity index (χ0n) is 10.1. The van der Waals surface area contributed by atoms with E-state index >= 15 is 0 Å². The maximum atomic E-state index is 12.0. The van der Waals surface area contributed by atoms with Crippen LogP contribution in [0.2, 0.25) is 0 Å². The lowest BCUT2D eigenvalue weighted by atomic mass is 10.0. The van der Waals surface area contributed by atoms with Crippen molar-refractivity contribution in [2.45, 2.75) is 44.3 Å². The molecule has 0 bridgehead atoms. The van der Waals surface area contributed by atoms with E-state index in [9.17, 15) is 13.2 Å². The number of nitrogens with zero attached hydrogens (tertiary/aromatic N) is 1. The van der Waals surface area contributed by atoms with E-state index in [2.05, 4.69) is 10.4 Å². The summed E-state index contributed by atoms with van der Waals surface area (Å²) >= 11 is 0. The molecule has 1 aromatic rings. The summed E-state index contributed by atoms with van der Waals surface area (Å²) in [6.07, 6.45) is 0.607. The number of aromatic nitrogens is 1. The number of pyridine rings is 1. The highest BCUT2D eigenvalue weighted by Crippen LogP contribution is 2.23. The monoisotopic (exact) mass is 261 g/mol. The quantitative estimate of drug-likeness (QED) is 0.586. The van der Waals surface area contributed by atoms with Crippen molar-refractivity contribution in [3.05, 3.63) is 30.1 Å². The van der Waals surface area contributed by atoms with Crippen LogP contribution in [0.15, 0.2) is 24.5 Å². The summed E-state index contributed by atoms with van der Waals surface area (Å²) in [7, 11) is 0. The van der Waals surface area contributed by atoms with Crippen molar-refractivity contribution in [3.63, 3.8) is 0 Å². The van der Waals surface area contributed by atoms with Gasteiger partial charge in [0.1, 0.15) is 0 Å². The molecule has 0 amide bonds. The summed E-state index contributed by atoms with van der Waals surface area (Å²) in [4.78, 5) is 3.90. The lowest BCUT2D eigenvalue weighted by molar-refractivity contribution is -0.135. The topological polar surface area (TPSA) is 50.9 Å². The van der Waals surface area contributed by atoms with Gasteiger partial charge >= 0.3 is 6.18 Å². The number of halogens is 3. The van der Waals surface area contributed by atoms with E-state index in [4.69, 9.17) is 5.84 Å². The fourth-order valence-electron chi connectivity index (χ4n) is 1.75. The largest absolute Gasteiger partial charge is 0.389 e. The second kappa shape index (κ2) is 7.33. The van der Waals surface area contributed by atoms with Gasteiger partial charge in [-0.25, -0.2) is 0 Å². The summed E-state index contributed by atoms with van der Waals surface area (Å²) in [6.45, 7) is 0. The number of rotatable bonds is 7. The standard InChI is InChI=1S/C12H18F3N3/c13-12(14,15)7-1-2-11(18-16)4-3-10-5-8-17-9-6-10/h5-6,8-9,11,18H,1-4,7,16H2.